The van der Waals surface area contributed by atoms with Crippen molar-refractivity contribution in [2.45, 2.75) is 32.7 Å². The maximum absolute atomic E-state index is 11.4. The third kappa shape index (κ3) is 4.63. The minimum absolute atomic E-state index is 0.0855. The lowest BCUT2D eigenvalue weighted by molar-refractivity contribution is -0.671. The van der Waals surface area contributed by atoms with E-state index >= 15 is 0 Å². The largest absolute Gasteiger partial charge is 0.353 e. The Morgan fingerprint density at radius 1 is 1.47 bits per heavy atom. The summed E-state index contributed by atoms with van der Waals surface area (Å²) in [4.78, 5) is 11.4. The smallest absolute Gasteiger partial charge is 0.262 e. The Labute approximate surface area is 90.9 Å². The molecule has 1 heterocycles. The van der Waals surface area contributed by atoms with E-state index < -0.39 is 0 Å². The number of aromatic nitrogens is 2. The van der Waals surface area contributed by atoms with E-state index in [1.54, 1.807) is 0 Å². The normalized spacial score (nSPS) is 10.3. The molecule has 0 fully saturated rings. The molecule has 84 valence electrons. The van der Waals surface area contributed by atoms with Gasteiger partial charge in [-0.1, -0.05) is 19.8 Å². The molecule has 1 aromatic heterocycles. The predicted molar refractivity (Wildman–Crippen MR) is 58.1 cm³/mol. The Morgan fingerprint density at radius 3 is 2.87 bits per heavy atom. The van der Waals surface area contributed by atoms with Crippen LogP contribution in [0.25, 0.3) is 0 Å². The molecule has 0 bridgehead atoms. The number of hydrogen-bond donors (Lipinski definition) is 1. The second-order valence-corrected chi connectivity index (χ2v) is 3.81. The Balaban J connectivity index is 2.18. The van der Waals surface area contributed by atoms with Gasteiger partial charge in [-0.3, -0.25) is 4.79 Å². The van der Waals surface area contributed by atoms with Gasteiger partial charge in [-0.05, 0) is 6.42 Å². The number of nitrogens with zero attached hydrogens (tertiary/aromatic N) is 2. The van der Waals surface area contributed by atoms with E-state index in [1.807, 2.05) is 34.9 Å². The molecular formula is C11H20N3O+. The van der Waals surface area contributed by atoms with Crippen LogP contribution in [0.3, 0.4) is 0 Å². The summed E-state index contributed by atoms with van der Waals surface area (Å²) in [6.07, 6.45) is 9.14. The van der Waals surface area contributed by atoms with Crippen LogP contribution in [0.15, 0.2) is 18.7 Å². The van der Waals surface area contributed by atoms with Crippen LogP contribution in [0, 0.1) is 0 Å². The highest BCUT2D eigenvalue weighted by Gasteiger charge is 2.06. The molecule has 0 spiro atoms. The first-order valence-electron chi connectivity index (χ1n) is 5.50. The van der Waals surface area contributed by atoms with Crippen LogP contribution >= 0.6 is 0 Å². The number of carbonyl (C=O) groups excluding carboxylic acids is 1. The van der Waals surface area contributed by atoms with Crippen LogP contribution in [0.5, 0.6) is 0 Å². The van der Waals surface area contributed by atoms with Crippen molar-refractivity contribution < 1.29 is 9.36 Å². The predicted octanol–water partition coefficient (Wildman–Crippen LogP) is 0.619. The van der Waals surface area contributed by atoms with Crippen LogP contribution in [-0.2, 0) is 18.4 Å². The Morgan fingerprint density at radius 2 is 2.27 bits per heavy atom. The van der Waals surface area contributed by atoms with Crippen molar-refractivity contribution in [3.8, 4) is 0 Å². The summed E-state index contributed by atoms with van der Waals surface area (Å²) < 4.78 is 3.79. The van der Waals surface area contributed by atoms with Gasteiger partial charge in [-0.25, -0.2) is 9.13 Å². The number of aryl methyl sites for hydroxylation is 1. The number of imidazole rings is 1. The fourth-order valence-corrected chi connectivity index (χ4v) is 1.42. The summed E-state index contributed by atoms with van der Waals surface area (Å²) in [5, 5.41) is 2.91. The van der Waals surface area contributed by atoms with Crippen LogP contribution in [0.4, 0.5) is 0 Å². The Hall–Kier alpha value is -1.32. The SMILES string of the molecule is CCCCCNC(=O)Cn1cc[n+](C)c1. The average molecular weight is 210 g/mol. The van der Waals surface area contributed by atoms with Gasteiger partial charge in [0.05, 0.1) is 7.05 Å². The molecular weight excluding hydrogens is 190 g/mol. The summed E-state index contributed by atoms with van der Waals surface area (Å²) in [6.45, 7) is 3.36. The van der Waals surface area contributed by atoms with Crippen LogP contribution in [0.2, 0.25) is 0 Å². The van der Waals surface area contributed by atoms with E-state index in [4.69, 9.17) is 0 Å². The van der Waals surface area contributed by atoms with Crippen LogP contribution in [-0.4, -0.2) is 17.0 Å². The van der Waals surface area contributed by atoms with E-state index in [0.717, 1.165) is 13.0 Å². The van der Waals surface area contributed by atoms with Gasteiger partial charge in [0.2, 0.25) is 6.33 Å². The zero-order chi connectivity index (χ0) is 11.1. The molecule has 0 aromatic carbocycles. The topological polar surface area (TPSA) is 37.9 Å². The molecule has 0 unspecified atom stereocenters. The number of unbranched alkanes of at least 4 members (excludes halogenated alkanes) is 2. The van der Waals surface area contributed by atoms with Gasteiger partial charge in [-0.15, -0.1) is 0 Å². The van der Waals surface area contributed by atoms with Gasteiger partial charge >= 0.3 is 0 Å². The van der Waals surface area contributed by atoms with Gasteiger partial charge < -0.3 is 5.32 Å². The average Bonchev–Trinajstić information content (AvgIpc) is 2.59. The summed E-state index contributed by atoms with van der Waals surface area (Å²) in [7, 11) is 1.94. The standard InChI is InChI=1S/C11H19N3O/c1-3-4-5-6-12-11(15)9-14-8-7-13(2)10-14/h7-8,10H,3-6,9H2,1-2H3/p+1. The lowest BCUT2D eigenvalue weighted by atomic mass is 10.2. The first-order chi connectivity index (χ1) is 7.22. The van der Waals surface area contributed by atoms with Crippen molar-refractivity contribution in [1.29, 1.82) is 0 Å². The monoisotopic (exact) mass is 210 g/mol. The lowest BCUT2D eigenvalue weighted by Crippen LogP contribution is -2.29. The molecule has 4 nitrogen and oxygen atoms in total. The van der Waals surface area contributed by atoms with Gasteiger partial charge in [-0.2, -0.15) is 0 Å². The quantitative estimate of drug-likeness (QED) is 0.542. The van der Waals surface area contributed by atoms with Gasteiger partial charge in [0.15, 0.2) is 6.54 Å². The molecule has 1 rings (SSSR count). The molecule has 0 aliphatic carbocycles. The molecule has 0 saturated carbocycles. The third-order valence-corrected chi connectivity index (χ3v) is 2.25. The minimum atomic E-state index is 0.0855. The van der Waals surface area contributed by atoms with Crippen molar-refractivity contribution in [3.05, 3.63) is 18.7 Å². The molecule has 1 amide bonds. The highest BCUT2D eigenvalue weighted by atomic mass is 16.1. The molecule has 1 N–H and O–H groups in total. The first kappa shape index (κ1) is 11.8. The number of rotatable bonds is 6. The Bertz CT molecular complexity index is 307. The Kier molecular flexibility index (Phi) is 4.87. The van der Waals surface area contributed by atoms with E-state index in [1.165, 1.54) is 12.8 Å². The van der Waals surface area contributed by atoms with E-state index in [0.29, 0.717) is 6.54 Å². The molecule has 15 heavy (non-hydrogen) atoms. The van der Waals surface area contributed by atoms with Crippen molar-refractivity contribution in [2.24, 2.45) is 7.05 Å². The number of carbonyl (C=O) groups is 1. The van der Waals surface area contributed by atoms with E-state index in [9.17, 15) is 4.79 Å². The maximum Gasteiger partial charge on any atom is 0.262 e. The maximum atomic E-state index is 11.4. The van der Waals surface area contributed by atoms with Crippen LogP contribution < -0.4 is 9.88 Å². The fourth-order valence-electron chi connectivity index (χ4n) is 1.42. The van der Waals surface area contributed by atoms with E-state index in [-0.39, 0.29) is 5.91 Å². The number of amides is 1. The first-order valence-corrected chi connectivity index (χ1v) is 5.50. The van der Waals surface area contributed by atoms with E-state index in [2.05, 4.69) is 12.2 Å². The lowest BCUT2D eigenvalue weighted by Gasteiger charge is -2.02. The van der Waals surface area contributed by atoms with Gasteiger partial charge in [0.25, 0.3) is 5.91 Å². The zero-order valence-electron chi connectivity index (χ0n) is 9.57. The minimum Gasteiger partial charge on any atom is -0.353 e. The molecule has 0 atom stereocenters. The molecule has 1 aromatic rings. The van der Waals surface area contributed by atoms with Gasteiger partial charge in [0.1, 0.15) is 12.4 Å². The zero-order valence-corrected chi connectivity index (χ0v) is 9.57. The molecule has 0 radical (unpaired) electrons. The third-order valence-electron chi connectivity index (χ3n) is 2.25. The summed E-state index contributed by atoms with van der Waals surface area (Å²) in [5.74, 6) is 0.0855. The second-order valence-electron chi connectivity index (χ2n) is 3.81. The second kappa shape index (κ2) is 6.22. The van der Waals surface area contributed by atoms with Crippen molar-refractivity contribution in [2.75, 3.05) is 6.54 Å². The highest BCUT2D eigenvalue weighted by Crippen LogP contribution is 1.91. The summed E-state index contributed by atoms with van der Waals surface area (Å²) >= 11 is 0. The van der Waals surface area contributed by atoms with Crippen LogP contribution in [0.1, 0.15) is 26.2 Å². The summed E-state index contributed by atoms with van der Waals surface area (Å²) in [5.41, 5.74) is 0. The van der Waals surface area contributed by atoms with Crippen molar-refractivity contribution >= 4 is 5.91 Å². The highest BCUT2D eigenvalue weighted by molar-refractivity contribution is 5.75. The van der Waals surface area contributed by atoms with Crippen molar-refractivity contribution in [1.82, 2.24) is 9.88 Å². The number of hydrogen-bond acceptors (Lipinski definition) is 1. The molecule has 0 aliphatic heterocycles. The summed E-state index contributed by atoms with van der Waals surface area (Å²) in [6, 6.07) is 0. The molecule has 4 heteroatoms. The molecule has 0 aliphatic rings. The molecule has 0 saturated heterocycles. The van der Waals surface area contributed by atoms with Crippen molar-refractivity contribution in [3.63, 3.8) is 0 Å². The van der Waals surface area contributed by atoms with Gasteiger partial charge in [0, 0.05) is 6.54 Å². The fraction of sp³-hybridized carbons (Fsp3) is 0.636. The number of nitrogens with one attached hydrogen (secondary N) is 1.